The van der Waals surface area contributed by atoms with Gasteiger partial charge in [-0.15, -0.1) is 0 Å². The Bertz CT molecular complexity index is 1280. The standard InChI is InChI=1S/C26H25N7O2/c1-27-25(34)22-10-11-23(33-24(22)30-16-18-4-2-12-28-14-18)20-6-8-21(9-7-20)32-26(35)31-17-19-5-3-13-29-15-19/h2-15H,16-17H2,1H3,(H,27,34)(H,30,33)(H2,31,32,35). The van der Waals surface area contributed by atoms with Crippen molar-refractivity contribution in [2.24, 2.45) is 0 Å². The van der Waals surface area contributed by atoms with Gasteiger partial charge in [-0.1, -0.05) is 24.3 Å². The van der Waals surface area contributed by atoms with Crippen LogP contribution in [0.1, 0.15) is 21.5 Å². The van der Waals surface area contributed by atoms with Crippen molar-refractivity contribution < 1.29 is 9.59 Å². The molecule has 0 saturated heterocycles. The monoisotopic (exact) mass is 467 g/mol. The Morgan fingerprint density at radius 1 is 0.829 bits per heavy atom. The van der Waals surface area contributed by atoms with Gasteiger partial charge in [-0.25, -0.2) is 9.78 Å². The maximum atomic E-state index is 12.3. The number of anilines is 2. The topological polar surface area (TPSA) is 121 Å². The van der Waals surface area contributed by atoms with Crippen LogP contribution in [0, 0.1) is 0 Å². The lowest BCUT2D eigenvalue weighted by atomic mass is 10.1. The minimum Gasteiger partial charge on any atom is -0.365 e. The van der Waals surface area contributed by atoms with E-state index < -0.39 is 0 Å². The number of aromatic nitrogens is 3. The average Bonchev–Trinajstić information content (AvgIpc) is 2.92. The second kappa shape index (κ2) is 11.4. The number of carbonyl (C=O) groups excluding carboxylic acids is 2. The molecule has 4 aromatic rings. The highest BCUT2D eigenvalue weighted by molar-refractivity contribution is 5.99. The molecule has 0 aliphatic heterocycles. The van der Waals surface area contributed by atoms with Crippen molar-refractivity contribution in [1.29, 1.82) is 0 Å². The molecule has 1 aromatic carbocycles. The maximum Gasteiger partial charge on any atom is 0.319 e. The molecule has 0 aliphatic rings. The molecule has 0 unspecified atom stereocenters. The predicted octanol–water partition coefficient (Wildman–Crippen LogP) is 3.83. The smallest absolute Gasteiger partial charge is 0.319 e. The Hall–Kier alpha value is -4.79. The van der Waals surface area contributed by atoms with Gasteiger partial charge in [-0.3, -0.25) is 14.8 Å². The SMILES string of the molecule is CNC(=O)c1ccc(-c2ccc(NC(=O)NCc3cccnc3)cc2)nc1NCc1cccnc1. The third-order valence-corrected chi connectivity index (χ3v) is 5.16. The molecule has 0 aliphatic carbocycles. The number of amides is 3. The van der Waals surface area contributed by atoms with Crippen LogP contribution in [-0.4, -0.2) is 33.9 Å². The van der Waals surface area contributed by atoms with E-state index in [-0.39, 0.29) is 11.9 Å². The number of pyridine rings is 3. The Kier molecular flexibility index (Phi) is 7.59. The Labute approximate surface area is 203 Å². The molecule has 3 heterocycles. The van der Waals surface area contributed by atoms with Gasteiger partial charge in [-0.05, 0) is 47.5 Å². The van der Waals surface area contributed by atoms with Crippen LogP contribution in [-0.2, 0) is 13.1 Å². The van der Waals surface area contributed by atoms with Crippen LogP contribution < -0.4 is 21.3 Å². The normalized spacial score (nSPS) is 10.3. The summed E-state index contributed by atoms with van der Waals surface area (Å²) in [5.41, 5.74) is 4.52. The molecule has 0 fully saturated rings. The summed E-state index contributed by atoms with van der Waals surface area (Å²) >= 11 is 0. The molecule has 0 atom stereocenters. The molecule has 0 spiro atoms. The van der Waals surface area contributed by atoms with Gasteiger partial charge in [0.15, 0.2) is 0 Å². The minimum atomic E-state index is -0.309. The van der Waals surface area contributed by atoms with E-state index in [0.29, 0.717) is 35.9 Å². The molecule has 9 heteroatoms. The first-order chi connectivity index (χ1) is 17.1. The van der Waals surface area contributed by atoms with E-state index in [0.717, 1.165) is 16.7 Å². The molecule has 3 amide bonds. The van der Waals surface area contributed by atoms with E-state index in [4.69, 9.17) is 0 Å². The first-order valence-electron chi connectivity index (χ1n) is 11.0. The number of hydrogen-bond donors (Lipinski definition) is 4. The summed E-state index contributed by atoms with van der Waals surface area (Å²) in [6, 6.07) is 18.1. The lowest BCUT2D eigenvalue weighted by molar-refractivity contribution is 0.0963. The summed E-state index contributed by atoms with van der Waals surface area (Å²) < 4.78 is 0. The third kappa shape index (κ3) is 6.38. The highest BCUT2D eigenvalue weighted by Crippen LogP contribution is 2.24. The first-order valence-corrected chi connectivity index (χ1v) is 11.0. The minimum absolute atomic E-state index is 0.227. The number of rotatable bonds is 8. The summed E-state index contributed by atoms with van der Waals surface area (Å²) in [5.74, 6) is 0.247. The van der Waals surface area contributed by atoms with Crippen molar-refractivity contribution >= 4 is 23.4 Å². The van der Waals surface area contributed by atoms with Gasteiger partial charge in [0.25, 0.3) is 5.91 Å². The summed E-state index contributed by atoms with van der Waals surface area (Å²) in [6.45, 7) is 0.861. The van der Waals surface area contributed by atoms with Gasteiger partial charge in [0.1, 0.15) is 5.82 Å². The van der Waals surface area contributed by atoms with Gasteiger partial charge < -0.3 is 21.3 Å². The fraction of sp³-hybridized carbons (Fsp3) is 0.115. The second-order valence-electron chi connectivity index (χ2n) is 7.63. The molecule has 4 rings (SSSR count). The van der Waals surface area contributed by atoms with Crippen molar-refractivity contribution in [2.45, 2.75) is 13.1 Å². The number of benzene rings is 1. The number of urea groups is 1. The van der Waals surface area contributed by atoms with Crippen molar-refractivity contribution in [1.82, 2.24) is 25.6 Å². The summed E-state index contributed by atoms with van der Waals surface area (Å²) in [4.78, 5) is 37.4. The van der Waals surface area contributed by atoms with Crippen molar-refractivity contribution in [3.63, 3.8) is 0 Å². The number of hydrogen-bond acceptors (Lipinski definition) is 6. The Morgan fingerprint density at radius 2 is 1.51 bits per heavy atom. The van der Waals surface area contributed by atoms with Crippen molar-refractivity contribution in [3.05, 3.63) is 102 Å². The van der Waals surface area contributed by atoms with Crippen LogP contribution in [0.3, 0.4) is 0 Å². The van der Waals surface area contributed by atoms with Crippen molar-refractivity contribution in [2.75, 3.05) is 17.7 Å². The van der Waals surface area contributed by atoms with Crippen LogP contribution in [0.15, 0.2) is 85.5 Å². The van der Waals surface area contributed by atoms with Crippen LogP contribution in [0.25, 0.3) is 11.3 Å². The summed E-state index contributed by atoms with van der Waals surface area (Å²) in [5, 5.41) is 11.5. The molecular formula is C26H25N7O2. The van der Waals surface area contributed by atoms with E-state index >= 15 is 0 Å². The molecular weight excluding hydrogens is 442 g/mol. The summed E-state index contributed by atoms with van der Waals surface area (Å²) in [7, 11) is 1.58. The Morgan fingerprint density at radius 3 is 2.14 bits per heavy atom. The molecule has 35 heavy (non-hydrogen) atoms. The molecule has 9 nitrogen and oxygen atoms in total. The second-order valence-corrected chi connectivity index (χ2v) is 7.63. The van der Waals surface area contributed by atoms with Gasteiger partial charge in [0.05, 0.1) is 11.3 Å². The highest BCUT2D eigenvalue weighted by Gasteiger charge is 2.13. The fourth-order valence-corrected chi connectivity index (χ4v) is 3.35. The van der Waals surface area contributed by atoms with Crippen LogP contribution >= 0.6 is 0 Å². The van der Waals surface area contributed by atoms with E-state index in [1.165, 1.54) is 0 Å². The van der Waals surface area contributed by atoms with Gasteiger partial charge in [-0.2, -0.15) is 0 Å². The largest absolute Gasteiger partial charge is 0.365 e. The average molecular weight is 468 g/mol. The molecule has 0 saturated carbocycles. The Balaban J connectivity index is 1.44. The van der Waals surface area contributed by atoms with E-state index in [9.17, 15) is 9.59 Å². The van der Waals surface area contributed by atoms with Gasteiger partial charge in [0.2, 0.25) is 0 Å². The molecule has 3 aromatic heterocycles. The van der Waals surface area contributed by atoms with Crippen molar-refractivity contribution in [3.8, 4) is 11.3 Å². The fourth-order valence-electron chi connectivity index (χ4n) is 3.35. The number of carbonyl (C=O) groups is 2. The third-order valence-electron chi connectivity index (χ3n) is 5.16. The van der Waals surface area contributed by atoms with Gasteiger partial charge >= 0.3 is 6.03 Å². The molecule has 0 radical (unpaired) electrons. The van der Waals surface area contributed by atoms with E-state index in [1.54, 1.807) is 56.1 Å². The zero-order valence-electron chi connectivity index (χ0n) is 19.2. The molecule has 176 valence electrons. The van der Waals surface area contributed by atoms with Gasteiger partial charge in [0, 0.05) is 56.2 Å². The predicted molar refractivity (Wildman–Crippen MR) is 135 cm³/mol. The van der Waals surface area contributed by atoms with Crippen LogP contribution in [0.5, 0.6) is 0 Å². The highest BCUT2D eigenvalue weighted by atomic mass is 16.2. The first kappa shape index (κ1) is 23.4. The summed E-state index contributed by atoms with van der Waals surface area (Å²) in [6.07, 6.45) is 6.86. The van der Waals surface area contributed by atoms with E-state index in [1.807, 2.05) is 36.4 Å². The maximum absolute atomic E-state index is 12.3. The van der Waals surface area contributed by atoms with Crippen LogP contribution in [0.4, 0.5) is 16.3 Å². The zero-order valence-corrected chi connectivity index (χ0v) is 19.2. The molecule has 0 bridgehead atoms. The lowest BCUT2D eigenvalue weighted by Crippen LogP contribution is -2.28. The van der Waals surface area contributed by atoms with E-state index in [2.05, 4.69) is 36.2 Å². The number of nitrogens with zero attached hydrogens (tertiary/aromatic N) is 3. The zero-order chi connectivity index (χ0) is 24.5. The number of nitrogens with one attached hydrogen (secondary N) is 4. The molecule has 4 N–H and O–H groups in total. The quantitative estimate of drug-likeness (QED) is 0.313. The van der Waals surface area contributed by atoms with Crippen LogP contribution in [0.2, 0.25) is 0 Å². The lowest BCUT2D eigenvalue weighted by Gasteiger charge is -2.13.